The Balaban J connectivity index is 1.65. The third-order valence-corrected chi connectivity index (χ3v) is 7.25. The van der Waals surface area contributed by atoms with Crippen molar-refractivity contribution in [3.8, 4) is 0 Å². The van der Waals surface area contributed by atoms with E-state index in [2.05, 4.69) is 20.0 Å². The summed E-state index contributed by atoms with van der Waals surface area (Å²) < 4.78 is 27.1. The number of sulfonamides is 1. The lowest BCUT2D eigenvalue weighted by molar-refractivity contribution is -0.115. The van der Waals surface area contributed by atoms with Crippen LogP contribution in [-0.2, 0) is 14.8 Å². The Labute approximate surface area is 188 Å². The Hall–Kier alpha value is -2.33. The number of nitrogens with zero attached hydrogens (tertiary/aromatic N) is 2. The SMILES string of the molecule is CC(Sc1c(Cl)cccc1Cl)C(=O)Nc1ccc(S(=O)(=O)Nc2ncccn2)cc1. The zero-order chi connectivity index (χ0) is 21.7. The number of halogens is 2. The number of rotatable bonds is 7. The lowest BCUT2D eigenvalue weighted by Crippen LogP contribution is -2.22. The lowest BCUT2D eigenvalue weighted by atomic mass is 10.3. The van der Waals surface area contributed by atoms with Crippen molar-refractivity contribution in [2.24, 2.45) is 0 Å². The number of nitrogens with one attached hydrogen (secondary N) is 2. The van der Waals surface area contributed by atoms with Gasteiger partial charge in [-0.1, -0.05) is 29.3 Å². The van der Waals surface area contributed by atoms with Crippen LogP contribution in [0.4, 0.5) is 11.6 Å². The van der Waals surface area contributed by atoms with Gasteiger partial charge in [0.2, 0.25) is 11.9 Å². The molecule has 1 aromatic heterocycles. The van der Waals surface area contributed by atoms with Crippen molar-refractivity contribution in [2.75, 3.05) is 10.0 Å². The van der Waals surface area contributed by atoms with Gasteiger partial charge < -0.3 is 5.32 Å². The standard InChI is InChI=1S/C19H16Cl2N4O3S2/c1-12(29-17-15(20)4-2-5-16(17)21)18(26)24-13-6-8-14(9-7-13)30(27,28)25-19-22-10-3-11-23-19/h2-12H,1H3,(H,24,26)(H,22,23,25). The van der Waals surface area contributed by atoms with Gasteiger partial charge in [-0.05, 0) is 49.4 Å². The summed E-state index contributed by atoms with van der Waals surface area (Å²) in [6.45, 7) is 1.72. The van der Waals surface area contributed by atoms with Crippen LogP contribution in [-0.4, -0.2) is 29.5 Å². The Morgan fingerprint density at radius 1 is 1.00 bits per heavy atom. The molecule has 2 aromatic carbocycles. The molecule has 0 aliphatic heterocycles. The number of hydrogen-bond acceptors (Lipinski definition) is 6. The van der Waals surface area contributed by atoms with Crippen LogP contribution in [0.5, 0.6) is 0 Å². The molecule has 0 saturated carbocycles. The smallest absolute Gasteiger partial charge is 0.264 e. The van der Waals surface area contributed by atoms with Crippen LogP contribution >= 0.6 is 35.0 Å². The summed E-state index contributed by atoms with van der Waals surface area (Å²) in [4.78, 5) is 20.8. The van der Waals surface area contributed by atoms with Crippen LogP contribution in [0.3, 0.4) is 0 Å². The highest BCUT2D eigenvalue weighted by atomic mass is 35.5. The Kier molecular flexibility index (Phi) is 7.19. The Morgan fingerprint density at radius 3 is 2.20 bits per heavy atom. The van der Waals surface area contributed by atoms with Gasteiger partial charge in [0.25, 0.3) is 10.0 Å². The summed E-state index contributed by atoms with van der Waals surface area (Å²) in [6, 6.07) is 12.5. The van der Waals surface area contributed by atoms with E-state index in [-0.39, 0.29) is 16.8 Å². The van der Waals surface area contributed by atoms with Crippen molar-refractivity contribution in [1.82, 2.24) is 9.97 Å². The van der Waals surface area contributed by atoms with E-state index < -0.39 is 15.3 Å². The van der Waals surface area contributed by atoms with E-state index in [4.69, 9.17) is 23.2 Å². The number of thioether (sulfide) groups is 1. The van der Waals surface area contributed by atoms with Gasteiger partial charge in [-0.15, -0.1) is 11.8 Å². The van der Waals surface area contributed by atoms with E-state index in [9.17, 15) is 13.2 Å². The van der Waals surface area contributed by atoms with Crippen LogP contribution in [0.2, 0.25) is 10.0 Å². The minimum atomic E-state index is -3.85. The molecule has 3 rings (SSSR count). The third kappa shape index (κ3) is 5.63. The minimum absolute atomic E-state index is 0.0122. The van der Waals surface area contributed by atoms with Crippen molar-refractivity contribution in [3.05, 3.63) is 71.0 Å². The van der Waals surface area contributed by atoms with Crippen molar-refractivity contribution in [2.45, 2.75) is 22.0 Å². The molecule has 0 radical (unpaired) electrons. The Bertz CT molecular complexity index is 1120. The fourth-order valence-corrected chi connectivity index (χ4v) is 4.82. The number of aromatic nitrogens is 2. The predicted octanol–water partition coefficient (Wildman–Crippen LogP) is 4.70. The summed E-state index contributed by atoms with van der Waals surface area (Å²) in [5, 5.41) is 3.20. The molecule has 2 N–H and O–H groups in total. The van der Waals surface area contributed by atoms with Gasteiger partial charge in [-0.3, -0.25) is 4.79 Å². The first kappa shape index (κ1) is 22.4. The number of carbonyl (C=O) groups excluding carboxylic acids is 1. The van der Waals surface area contributed by atoms with E-state index in [1.807, 2.05) is 0 Å². The molecule has 0 spiro atoms. The van der Waals surface area contributed by atoms with Crippen molar-refractivity contribution in [1.29, 1.82) is 0 Å². The number of anilines is 2. The molecule has 1 amide bonds. The van der Waals surface area contributed by atoms with Gasteiger partial charge in [0, 0.05) is 23.0 Å². The first-order chi connectivity index (χ1) is 14.3. The predicted molar refractivity (Wildman–Crippen MR) is 120 cm³/mol. The van der Waals surface area contributed by atoms with E-state index in [0.29, 0.717) is 20.6 Å². The molecule has 11 heteroatoms. The van der Waals surface area contributed by atoms with Crippen LogP contribution in [0.25, 0.3) is 0 Å². The summed E-state index contributed by atoms with van der Waals surface area (Å²) in [6.07, 6.45) is 2.86. The molecule has 1 unspecified atom stereocenters. The number of amides is 1. The first-order valence-electron chi connectivity index (χ1n) is 8.58. The maximum Gasteiger partial charge on any atom is 0.264 e. The van der Waals surface area contributed by atoms with Crippen molar-refractivity contribution in [3.63, 3.8) is 0 Å². The molecule has 0 aliphatic carbocycles. The van der Waals surface area contributed by atoms with Crippen LogP contribution in [0.1, 0.15) is 6.92 Å². The topological polar surface area (TPSA) is 101 Å². The summed E-state index contributed by atoms with van der Waals surface area (Å²) in [5.41, 5.74) is 0.451. The van der Waals surface area contributed by atoms with Crippen LogP contribution < -0.4 is 10.0 Å². The zero-order valence-corrected chi connectivity index (χ0v) is 18.7. The van der Waals surface area contributed by atoms with Gasteiger partial charge in [0.1, 0.15) is 0 Å². The first-order valence-corrected chi connectivity index (χ1v) is 11.7. The summed E-state index contributed by atoms with van der Waals surface area (Å²) in [5.74, 6) is -0.304. The van der Waals surface area contributed by atoms with Gasteiger partial charge in [0.05, 0.1) is 20.2 Å². The highest BCUT2D eigenvalue weighted by Gasteiger charge is 2.19. The zero-order valence-electron chi connectivity index (χ0n) is 15.5. The van der Waals surface area contributed by atoms with E-state index in [0.717, 1.165) is 0 Å². The molecule has 0 aliphatic rings. The average molecular weight is 483 g/mol. The van der Waals surface area contributed by atoms with Crippen molar-refractivity contribution < 1.29 is 13.2 Å². The summed E-state index contributed by atoms with van der Waals surface area (Å²) in [7, 11) is -3.85. The van der Waals surface area contributed by atoms with Crippen LogP contribution in [0, 0.1) is 0 Å². The van der Waals surface area contributed by atoms with Gasteiger partial charge >= 0.3 is 0 Å². The molecule has 0 fully saturated rings. The third-order valence-electron chi connectivity index (χ3n) is 3.81. The molecule has 7 nitrogen and oxygen atoms in total. The normalized spacial score (nSPS) is 12.2. The molecular formula is C19H16Cl2N4O3S2. The number of carbonyl (C=O) groups is 1. The van der Waals surface area contributed by atoms with Crippen molar-refractivity contribution >= 4 is 62.5 Å². The highest BCUT2D eigenvalue weighted by molar-refractivity contribution is 8.00. The second kappa shape index (κ2) is 9.65. The lowest BCUT2D eigenvalue weighted by Gasteiger charge is -2.14. The maximum absolute atomic E-state index is 12.5. The quantitative estimate of drug-likeness (QED) is 0.473. The largest absolute Gasteiger partial charge is 0.325 e. The number of benzene rings is 2. The second-order valence-corrected chi connectivity index (χ2v) is 9.85. The number of hydrogen-bond donors (Lipinski definition) is 2. The fraction of sp³-hybridized carbons (Fsp3) is 0.105. The fourth-order valence-electron chi connectivity index (χ4n) is 2.32. The van der Waals surface area contributed by atoms with E-state index >= 15 is 0 Å². The molecular weight excluding hydrogens is 467 g/mol. The molecule has 3 aromatic rings. The van der Waals surface area contributed by atoms with Gasteiger partial charge in [-0.25, -0.2) is 23.1 Å². The average Bonchev–Trinajstić information content (AvgIpc) is 2.71. The molecule has 0 saturated heterocycles. The maximum atomic E-state index is 12.5. The van der Waals surface area contributed by atoms with Crippen LogP contribution in [0.15, 0.2) is 70.7 Å². The highest BCUT2D eigenvalue weighted by Crippen LogP contribution is 2.36. The molecule has 1 atom stereocenters. The molecule has 0 bridgehead atoms. The second-order valence-electron chi connectivity index (χ2n) is 6.00. The molecule has 30 heavy (non-hydrogen) atoms. The minimum Gasteiger partial charge on any atom is -0.325 e. The van der Waals surface area contributed by atoms with Gasteiger partial charge in [-0.2, -0.15) is 0 Å². The molecule has 156 valence electrons. The van der Waals surface area contributed by atoms with Gasteiger partial charge in [0.15, 0.2) is 0 Å². The van der Waals surface area contributed by atoms with E-state index in [1.54, 1.807) is 31.2 Å². The van der Waals surface area contributed by atoms with E-state index in [1.165, 1.54) is 48.4 Å². The summed E-state index contributed by atoms with van der Waals surface area (Å²) >= 11 is 13.5. The molecule has 1 heterocycles. The monoisotopic (exact) mass is 482 g/mol. The Morgan fingerprint density at radius 2 is 1.60 bits per heavy atom.